The summed E-state index contributed by atoms with van der Waals surface area (Å²) in [6, 6.07) is 14.3. The summed E-state index contributed by atoms with van der Waals surface area (Å²) in [4.78, 5) is 31.7. The van der Waals surface area contributed by atoms with Crippen molar-refractivity contribution in [1.29, 1.82) is 0 Å². The van der Waals surface area contributed by atoms with Crippen LogP contribution in [0.4, 0.5) is 0 Å². The fourth-order valence-electron chi connectivity index (χ4n) is 3.12. The highest BCUT2D eigenvalue weighted by molar-refractivity contribution is 6.01. The largest absolute Gasteiger partial charge is 0.291 e. The van der Waals surface area contributed by atoms with E-state index in [1.807, 2.05) is 18.2 Å². The number of amides is 2. The van der Waals surface area contributed by atoms with E-state index >= 15 is 0 Å². The van der Waals surface area contributed by atoms with E-state index in [0.717, 1.165) is 12.2 Å². The fraction of sp³-hybridized carbons (Fsp3) is 0.350. The standard InChI is InChI=1S/C20H23N3O2/c1-16-5-4-6-17(13-16)14-22(15-18-7-2-3-10-21-18)11-12-23-19(24)8-9-20(23)25/h2-7,10,13H,8-9,11-12,14-15H2,1H3. The molecule has 2 heterocycles. The molecule has 0 unspecified atom stereocenters. The lowest BCUT2D eigenvalue weighted by Crippen LogP contribution is -2.37. The molecule has 0 saturated carbocycles. The highest BCUT2D eigenvalue weighted by atomic mass is 16.2. The number of likely N-dealkylation sites (tertiary alicyclic amines) is 1. The lowest BCUT2D eigenvalue weighted by atomic mass is 10.1. The average Bonchev–Trinajstić information content (AvgIpc) is 2.92. The Hall–Kier alpha value is -2.53. The number of benzene rings is 1. The van der Waals surface area contributed by atoms with Crippen molar-refractivity contribution in [2.45, 2.75) is 32.9 Å². The summed E-state index contributed by atoms with van der Waals surface area (Å²) >= 11 is 0. The SMILES string of the molecule is Cc1cccc(CN(CCN2C(=O)CCC2=O)Cc2ccccn2)c1. The molecule has 0 aliphatic carbocycles. The van der Waals surface area contributed by atoms with Gasteiger partial charge in [0.05, 0.1) is 5.69 Å². The highest BCUT2D eigenvalue weighted by Gasteiger charge is 2.28. The van der Waals surface area contributed by atoms with Crippen LogP contribution in [0.5, 0.6) is 0 Å². The molecule has 1 saturated heterocycles. The zero-order valence-electron chi connectivity index (χ0n) is 14.5. The Morgan fingerprint density at radius 2 is 1.84 bits per heavy atom. The molecule has 2 amide bonds. The predicted molar refractivity (Wildman–Crippen MR) is 95.5 cm³/mol. The number of carbonyl (C=O) groups excluding carboxylic acids is 2. The van der Waals surface area contributed by atoms with Gasteiger partial charge < -0.3 is 0 Å². The molecule has 1 aliphatic rings. The Kier molecular flexibility index (Phi) is 5.56. The number of pyridine rings is 1. The summed E-state index contributed by atoms with van der Waals surface area (Å²) in [6.07, 6.45) is 2.47. The molecule has 3 rings (SSSR count). The van der Waals surface area contributed by atoms with Gasteiger partial charge in [0.2, 0.25) is 11.8 Å². The summed E-state index contributed by atoms with van der Waals surface area (Å²) in [6.45, 7) is 4.60. The predicted octanol–water partition coefficient (Wildman–Crippen LogP) is 2.54. The van der Waals surface area contributed by atoms with Gasteiger partial charge >= 0.3 is 0 Å². The minimum Gasteiger partial charge on any atom is -0.291 e. The van der Waals surface area contributed by atoms with Gasteiger partial charge in [0.15, 0.2) is 0 Å². The maximum absolute atomic E-state index is 11.8. The van der Waals surface area contributed by atoms with E-state index in [2.05, 4.69) is 41.1 Å². The highest BCUT2D eigenvalue weighted by Crippen LogP contribution is 2.14. The number of hydrogen-bond donors (Lipinski definition) is 0. The third-order valence-electron chi connectivity index (χ3n) is 4.40. The van der Waals surface area contributed by atoms with Crippen molar-refractivity contribution >= 4 is 11.8 Å². The van der Waals surface area contributed by atoms with Crippen LogP contribution in [-0.2, 0) is 22.7 Å². The molecule has 1 aromatic heterocycles. The molecule has 130 valence electrons. The van der Waals surface area contributed by atoms with Gasteiger partial charge in [-0.1, -0.05) is 35.9 Å². The Labute approximate surface area is 148 Å². The van der Waals surface area contributed by atoms with Crippen LogP contribution in [0.2, 0.25) is 0 Å². The van der Waals surface area contributed by atoms with Crippen LogP contribution in [0, 0.1) is 6.92 Å². The van der Waals surface area contributed by atoms with E-state index in [1.165, 1.54) is 16.0 Å². The summed E-state index contributed by atoms with van der Waals surface area (Å²) in [5.41, 5.74) is 3.42. The van der Waals surface area contributed by atoms with Crippen molar-refractivity contribution in [2.24, 2.45) is 0 Å². The summed E-state index contributed by atoms with van der Waals surface area (Å²) in [5.74, 6) is -0.114. The van der Waals surface area contributed by atoms with E-state index in [1.54, 1.807) is 6.20 Å². The van der Waals surface area contributed by atoms with Crippen LogP contribution in [0.15, 0.2) is 48.7 Å². The van der Waals surface area contributed by atoms with Crippen LogP contribution in [0.25, 0.3) is 0 Å². The van der Waals surface area contributed by atoms with Crippen LogP contribution >= 0.6 is 0 Å². The molecular formula is C20H23N3O2. The Morgan fingerprint density at radius 1 is 1.04 bits per heavy atom. The second-order valence-electron chi connectivity index (χ2n) is 6.46. The first-order valence-electron chi connectivity index (χ1n) is 8.63. The third-order valence-corrected chi connectivity index (χ3v) is 4.40. The molecule has 5 nitrogen and oxygen atoms in total. The Balaban J connectivity index is 1.69. The smallest absolute Gasteiger partial charge is 0.229 e. The number of imide groups is 1. The lowest BCUT2D eigenvalue weighted by Gasteiger charge is -2.24. The Bertz CT molecular complexity index is 730. The minimum absolute atomic E-state index is 0.0571. The first-order chi connectivity index (χ1) is 12.1. The maximum Gasteiger partial charge on any atom is 0.229 e. The topological polar surface area (TPSA) is 53.5 Å². The second kappa shape index (κ2) is 8.03. The van der Waals surface area contributed by atoms with Gasteiger partial charge in [-0.05, 0) is 24.6 Å². The molecule has 0 N–H and O–H groups in total. The van der Waals surface area contributed by atoms with E-state index in [9.17, 15) is 9.59 Å². The molecule has 1 aliphatic heterocycles. The molecule has 1 aromatic carbocycles. The number of aryl methyl sites for hydroxylation is 1. The van der Waals surface area contributed by atoms with Gasteiger partial charge in [-0.15, -0.1) is 0 Å². The Morgan fingerprint density at radius 3 is 2.52 bits per heavy atom. The first kappa shape index (κ1) is 17.3. The number of aromatic nitrogens is 1. The van der Waals surface area contributed by atoms with Crippen molar-refractivity contribution in [2.75, 3.05) is 13.1 Å². The van der Waals surface area contributed by atoms with Gasteiger partial charge in [-0.25, -0.2) is 0 Å². The van der Waals surface area contributed by atoms with E-state index in [-0.39, 0.29) is 11.8 Å². The normalized spacial score (nSPS) is 14.6. The molecule has 25 heavy (non-hydrogen) atoms. The molecule has 0 atom stereocenters. The van der Waals surface area contributed by atoms with Gasteiger partial charge in [-0.2, -0.15) is 0 Å². The van der Waals surface area contributed by atoms with Crippen LogP contribution in [0.3, 0.4) is 0 Å². The minimum atomic E-state index is -0.0571. The van der Waals surface area contributed by atoms with Crippen molar-refractivity contribution in [3.8, 4) is 0 Å². The van der Waals surface area contributed by atoms with Gasteiger partial charge in [0.25, 0.3) is 0 Å². The molecule has 5 heteroatoms. The lowest BCUT2D eigenvalue weighted by molar-refractivity contribution is -0.138. The molecule has 0 spiro atoms. The van der Waals surface area contributed by atoms with Crippen LogP contribution in [0.1, 0.15) is 29.7 Å². The van der Waals surface area contributed by atoms with Gasteiger partial charge in [-0.3, -0.25) is 24.4 Å². The van der Waals surface area contributed by atoms with E-state index in [4.69, 9.17) is 0 Å². The van der Waals surface area contributed by atoms with Gasteiger partial charge in [0.1, 0.15) is 0 Å². The molecule has 1 fully saturated rings. The number of rotatable bonds is 7. The monoisotopic (exact) mass is 337 g/mol. The van der Waals surface area contributed by atoms with Crippen molar-refractivity contribution in [3.63, 3.8) is 0 Å². The van der Waals surface area contributed by atoms with E-state index < -0.39 is 0 Å². The number of carbonyl (C=O) groups is 2. The summed E-state index contributed by atoms with van der Waals surface area (Å²) in [7, 11) is 0. The van der Waals surface area contributed by atoms with Crippen LogP contribution < -0.4 is 0 Å². The second-order valence-corrected chi connectivity index (χ2v) is 6.46. The summed E-state index contributed by atoms with van der Waals surface area (Å²) in [5, 5.41) is 0. The zero-order valence-corrected chi connectivity index (χ0v) is 14.5. The molecule has 2 aromatic rings. The fourth-order valence-corrected chi connectivity index (χ4v) is 3.12. The zero-order chi connectivity index (χ0) is 17.6. The van der Waals surface area contributed by atoms with Crippen molar-refractivity contribution in [3.05, 3.63) is 65.5 Å². The number of hydrogen-bond acceptors (Lipinski definition) is 4. The third kappa shape index (κ3) is 4.73. The van der Waals surface area contributed by atoms with Crippen molar-refractivity contribution < 1.29 is 9.59 Å². The number of nitrogens with zero attached hydrogens (tertiary/aromatic N) is 3. The average molecular weight is 337 g/mol. The summed E-state index contributed by atoms with van der Waals surface area (Å²) < 4.78 is 0. The molecule has 0 bridgehead atoms. The van der Waals surface area contributed by atoms with E-state index in [0.29, 0.717) is 32.5 Å². The molecular weight excluding hydrogens is 314 g/mol. The maximum atomic E-state index is 11.8. The van der Waals surface area contributed by atoms with Crippen LogP contribution in [-0.4, -0.2) is 39.7 Å². The quantitative estimate of drug-likeness (QED) is 0.729. The van der Waals surface area contributed by atoms with Crippen molar-refractivity contribution in [1.82, 2.24) is 14.8 Å². The first-order valence-corrected chi connectivity index (χ1v) is 8.63. The molecule has 0 radical (unpaired) electrons. The van der Waals surface area contributed by atoms with Gasteiger partial charge in [0, 0.05) is 45.2 Å².